The van der Waals surface area contributed by atoms with Gasteiger partial charge in [-0.3, -0.25) is 4.79 Å². The average molecular weight is 469 g/mol. The van der Waals surface area contributed by atoms with Crippen LogP contribution >= 0.6 is 0 Å². The fourth-order valence-electron chi connectivity index (χ4n) is 3.55. The molecule has 31 heavy (non-hydrogen) atoms. The molecular weight excluding hydrogens is 440 g/mol. The number of carbonyl (C=O) groups is 1. The first-order chi connectivity index (χ1) is 14.4. The van der Waals surface area contributed by atoms with Crippen molar-refractivity contribution < 1.29 is 21.6 Å². The molecule has 1 aliphatic heterocycles. The van der Waals surface area contributed by atoms with Crippen LogP contribution in [0.2, 0.25) is 0 Å². The molecule has 2 N–H and O–H groups in total. The van der Waals surface area contributed by atoms with Crippen LogP contribution in [-0.4, -0.2) is 45.9 Å². The Morgan fingerprint density at radius 3 is 1.97 bits per heavy atom. The molecule has 11 heteroatoms. The van der Waals surface area contributed by atoms with Gasteiger partial charge in [-0.2, -0.15) is 0 Å². The van der Waals surface area contributed by atoms with E-state index in [1.807, 2.05) is 24.3 Å². The predicted molar refractivity (Wildman–Crippen MR) is 118 cm³/mol. The van der Waals surface area contributed by atoms with E-state index in [-0.39, 0.29) is 22.2 Å². The summed E-state index contributed by atoms with van der Waals surface area (Å²) >= 11 is 0. The van der Waals surface area contributed by atoms with E-state index in [0.29, 0.717) is 6.54 Å². The van der Waals surface area contributed by atoms with Gasteiger partial charge in [0.05, 0.1) is 0 Å². The van der Waals surface area contributed by atoms with Crippen LogP contribution in [0.4, 0.5) is 5.69 Å². The molecule has 0 bridgehead atoms. The van der Waals surface area contributed by atoms with Crippen LogP contribution < -0.4 is 14.3 Å². The number of nitrogens with one attached hydrogen (secondary N) is 2. The van der Waals surface area contributed by atoms with Gasteiger partial charge in [0.2, 0.25) is 26.0 Å². The lowest BCUT2D eigenvalue weighted by molar-refractivity contribution is -0.119. The molecule has 1 aromatic heterocycles. The number of rotatable bonds is 8. The van der Waals surface area contributed by atoms with Gasteiger partial charge in [0.1, 0.15) is 16.3 Å². The van der Waals surface area contributed by atoms with Crippen molar-refractivity contribution >= 4 is 31.6 Å². The van der Waals surface area contributed by atoms with Crippen LogP contribution in [0.5, 0.6) is 0 Å². The highest BCUT2D eigenvalue weighted by molar-refractivity contribution is 7.92. The number of aromatic nitrogens is 1. The fourth-order valence-corrected chi connectivity index (χ4v) is 6.88. The van der Waals surface area contributed by atoms with E-state index in [4.69, 9.17) is 0 Å². The Hall–Kier alpha value is -2.21. The van der Waals surface area contributed by atoms with Gasteiger partial charge in [-0.25, -0.2) is 26.3 Å². The van der Waals surface area contributed by atoms with Crippen molar-refractivity contribution in [3.63, 3.8) is 0 Å². The lowest BCUT2D eigenvalue weighted by Crippen LogP contribution is -2.34. The van der Waals surface area contributed by atoms with Gasteiger partial charge in [0.15, 0.2) is 0 Å². The highest BCUT2D eigenvalue weighted by Crippen LogP contribution is 2.28. The van der Waals surface area contributed by atoms with Crippen LogP contribution in [0.25, 0.3) is 0 Å². The Bertz CT molecular complexity index is 1130. The van der Waals surface area contributed by atoms with E-state index in [9.17, 15) is 21.6 Å². The van der Waals surface area contributed by atoms with Crippen LogP contribution in [0.15, 0.2) is 46.5 Å². The number of carbonyl (C=O) groups excluding carboxylic acids is 1. The molecule has 0 fully saturated rings. The maximum absolute atomic E-state index is 12.9. The molecule has 0 spiro atoms. The number of amides is 1. The summed E-state index contributed by atoms with van der Waals surface area (Å²) in [7, 11) is -8.21. The third-order valence-corrected chi connectivity index (χ3v) is 8.18. The lowest BCUT2D eigenvalue weighted by atomic mass is 10.2. The van der Waals surface area contributed by atoms with Crippen molar-refractivity contribution in [1.82, 2.24) is 14.0 Å². The summed E-state index contributed by atoms with van der Waals surface area (Å²) < 4.78 is 57.3. The Balaban J connectivity index is 1.97. The second-order valence-corrected chi connectivity index (χ2v) is 11.5. The smallest absolute Gasteiger partial charge is 0.246 e. The van der Waals surface area contributed by atoms with E-state index < -0.39 is 32.1 Å². The second-order valence-electron chi connectivity index (χ2n) is 8.14. The minimum Gasteiger partial charge on any atom is -0.342 e. The standard InChI is InChI=1S/C20H28N4O5S2/c1-14(2)21-30(26,27)18-11-23(12-19(18)31(28,29)22-15(3)4)13-20(25)24-10-9-16-7-5-6-8-17(16)24/h5-8,11-12,14-15,21-22H,9-10,13H2,1-4H3. The van der Waals surface area contributed by atoms with E-state index in [0.717, 1.165) is 17.7 Å². The van der Waals surface area contributed by atoms with Gasteiger partial charge < -0.3 is 9.47 Å². The van der Waals surface area contributed by atoms with Gasteiger partial charge in [0.25, 0.3) is 0 Å². The largest absolute Gasteiger partial charge is 0.342 e. The number of nitrogens with zero attached hydrogens (tertiary/aromatic N) is 2. The van der Waals surface area contributed by atoms with Gasteiger partial charge in [-0.1, -0.05) is 18.2 Å². The number of hydrogen-bond donors (Lipinski definition) is 2. The zero-order valence-corrected chi connectivity index (χ0v) is 19.6. The topological polar surface area (TPSA) is 118 Å². The molecule has 0 unspecified atom stereocenters. The molecule has 9 nitrogen and oxygen atoms in total. The molecule has 0 saturated carbocycles. The number of para-hydroxylation sites is 1. The van der Waals surface area contributed by atoms with E-state index >= 15 is 0 Å². The van der Waals surface area contributed by atoms with Gasteiger partial charge in [0, 0.05) is 36.7 Å². The Morgan fingerprint density at radius 2 is 1.45 bits per heavy atom. The highest BCUT2D eigenvalue weighted by Gasteiger charge is 2.31. The first-order valence-electron chi connectivity index (χ1n) is 10.0. The number of sulfonamides is 2. The third-order valence-electron chi connectivity index (χ3n) is 4.68. The zero-order valence-electron chi connectivity index (χ0n) is 18.0. The van der Waals surface area contributed by atoms with Crippen molar-refractivity contribution in [2.75, 3.05) is 11.4 Å². The van der Waals surface area contributed by atoms with Crippen molar-refractivity contribution in [2.24, 2.45) is 0 Å². The molecule has 0 saturated heterocycles. The summed E-state index contributed by atoms with van der Waals surface area (Å²) in [6.07, 6.45) is 3.13. The zero-order chi connectivity index (χ0) is 23.0. The average Bonchev–Trinajstić information content (AvgIpc) is 3.24. The third kappa shape index (κ3) is 5.17. The normalized spacial score (nSPS) is 14.5. The maximum atomic E-state index is 12.9. The number of anilines is 1. The highest BCUT2D eigenvalue weighted by atomic mass is 32.2. The summed E-state index contributed by atoms with van der Waals surface area (Å²) in [6, 6.07) is 6.74. The summed E-state index contributed by atoms with van der Waals surface area (Å²) in [4.78, 5) is 13.8. The van der Waals surface area contributed by atoms with E-state index in [2.05, 4.69) is 9.44 Å². The van der Waals surface area contributed by atoms with Crippen molar-refractivity contribution in [2.45, 2.75) is 62.5 Å². The van der Waals surface area contributed by atoms with Crippen LogP contribution in [0.1, 0.15) is 33.3 Å². The minimum atomic E-state index is -4.11. The Morgan fingerprint density at radius 1 is 0.935 bits per heavy atom. The molecule has 1 aromatic carbocycles. The maximum Gasteiger partial charge on any atom is 0.246 e. The Kier molecular flexibility index (Phi) is 6.61. The molecule has 170 valence electrons. The van der Waals surface area contributed by atoms with E-state index in [1.54, 1.807) is 32.6 Å². The molecular formula is C20H28N4O5S2. The first kappa shape index (κ1) is 23.5. The summed E-state index contributed by atoms with van der Waals surface area (Å²) in [5.74, 6) is -0.249. The van der Waals surface area contributed by atoms with E-state index in [1.165, 1.54) is 17.0 Å². The molecule has 1 aliphatic rings. The quantitative estimate of drug-likeness (QED) is 0.608. The number of hydrogen-bond acceptors (Lipinski definition) is 5. The summed E-state index contributed by atoms with van der Waals surface area (Å²) in [5.41, 5.74) is 1.89. The Labute approximate surface area is 183 Å². The van der Waals surface area contributed by atoms with Crippen LogP contribution in [0, 0.1) is 0 Å². The number of benzene rings is 1. The fraction of sp³-hybridized carbons (Fsp3) is 0.450. The van der Waals surface area contributed by atoms with Crippen LogP contribution in [0.3, 0.4) is 0 Å². The molecule has 0 atom stereocenters. The molecule has 2 aromatic rings. The molecule has 0 radical (unpaired) electrons. The van der Waals surface area contributed by atoms with Gasteiger partial charge in [-0.15, -0.1) is 0 Å². The molecule has 0 aliphatic carbocycles. The summed E-state index contributed by atoms with van der Waals surface area (Å²) in [6.45, 7) is 6.91. The lowest BCUT2D eigenvalue weighted by Gasteiger charge is -2.17. The minimum absolute atomic E-state index is 0.185. The molecule has 1 amide bonds. The summed E-state index contributed by atoms with van der Waals surface area (Å²) in [5, 5.41) is 0. The second kappa shape index (κ2) is 8.73. The molecule has 3 rings (SSSR count). The van der Waals surface area contributed by atoms with Gasteiger partial charge in [-0.05, 0) is 45.7 Å². The predicted octanol–water partition coefficient (Wildman–Crippen LogP) is 1.45. The van der Waals surface area contributed by atoms with Crippen molar-refractivity contribution in [1.29, 1.82) is 0 Å². The SMILES string of the molecule is CC(C)NS(=O)(=O)c1cn(CC(=O)N2CCc3ccccc32)cc1S(=O)(=O)NC(C)C. The van der Waals surface area contributed by atoms with Crippen LogP contribution in [-0.2, 0) is 37.8 Å². The van der Waals surface area contributed by atoms with Gasteiger partial charge >= 0.3 is 0 Å². The van der Waals surface area contributed by atoms with Crippen molar-refractivity contribution in [3.05, 3.63) is 42.2 Å². The number of fused-ring (bicyclic) bond motifs is 1. The first-order valence-corrected chi connectivity index (χ1v) is 13.0. The molecule has 2 heterocycles. The van der Waals surface area contributed by atoms with Crippen molar-refractivity contribution in [3.8, 4) is 0 Å². The monoisotopic (exact) mass is 468 g/mol.